The van der Waals surface area contributed by atoms with Crippen LogP contribution in [0, 0.1) is 6.92 Å². The molecule has 1 N–H and O–H groups in total. The predicted molar refractivity (Wildman–Crippen MR) is 68.6 cm³/mol. The molecule has 0 unspecified atom stereocenters. The number of nitrogens with zero attached hydrogens (tertiary/aromatic N) is 3. The molecule has 5 heteroatoms. The first-order valence-electron chi connectivity index (χ1n) is 6.03. The van der Waals surface area contributed by atoms with Gasteiger partial charge in [0, 0.05) is 18.7 Å². The Morgan fingerprint density at radius 1 is 1.50 bits per heavy atom. The van der Waals surface area contributed by atoms with Crippen molar-refractivity contribution in [3.05, 3.63) is 23.7 Å². The molecule has 2 aromatic heterocycles. The molecule has 18 heavy (non-hydrogen) atoms. The molecule has 0 saturated carbocycles. The maximum absolute atomic E-state index is 10.7. The van der Waals surface area contributed by atoms with Crippen molar-refractivity contribution >= 4 is 17.1 Å². The largest absolute Gasteiger partial charge is 0.481 e. The molecule has 0 atom stereocenters. The lowest BCUT2D eigenvalue weighted by Gasteiger charge is -2.09. The summed E-state index contributed by atoms with van der Waals surface area (Å²) in [6.07, 6.45) is 1.87. The van der Waals surface area contributed by atoms with Crippen molar-refractivity contribution in [1.29, 1.82) is 0 Å². The zero-order chi connectivity index (χ0) is 13.3. The molecule has 0 spiro atoms. The average molecular weight is 247 g/mol. The number of aromatic nitrogens is 3. The highest BCUT2D eigenvalue weighted by Crippen LogP contribution is 2.21. The summed E-state index contributed by atoms with van der Waals surface area (Å²) in [5, 5.41) is 8.80. The van der Waals surface area contributed by atoms with Gasteiger partial charge in [0.25, 0.3) is 0 Å². The summed E-state index contributed by atoms with van der Waals surface area (Å²) in [6.45, 7) is 6.48. The molecule has 2 aromatic rings. The minimum absolute atomic E-state index is 0.0841. The Kier molecular flexibility index (Phi) is 3.32. The lowest BCUT2D eigenvalue weighted by atomic mass is 10.2. The number of hydrogen-bond donors (Lipinski definition) is 1. The van der Waals surface area contributed by atoms with Crippen LogP contribution in [0.2, 0.25) is 0 Å². The van der Waals surface area contributed by atoms with Gasteiger partial charge >= 0.3 is 5.97 Å². The monoisotopic (exact) mass is 247 g/mol. The van der Waals surface area contributed by atoms with Gasteiger partial charge in [-0.05, 0) is 18.6 Å². The lowest BCUT2D eigenvalue weighted by molar-refractivity contribution is -0.137. The molecular formula is C13H17N3O2. The minimum atomic E-state index is -0.807. The number of fused-ring (bicyclic) bond motifs is 1. The highest BCUT2D eigenvalue weighted by molar-refractivity contribution is 5.73. The molecule has 2 heterocycles. The quantitative estimate of drug-likeness (QED) is 0.900. The Labute approximate surface area is 105 Å². The van der Waals surface area contributed by atoms with Gasteiger partial charge in [0.15, 0.2) is 5.65 Å². The van der Waals surface area contributed by atoms with Crippen LogP contribution in [0.3, 0.4) is 0 Å². The van der Waals surface area contributed by atoms with E-state index in [1.165, 1.54) is 0 Å². The molecule has 2 rings (SSSR count). The number of hydrogen-bond acceptors (Lipinski definition) is 3. The summed E-state index contributed by atoms with van der Waals surface area (Å²) in [7, 11) is 0. The fourth-order valence-electron chi connectivity index (χ4n) is 2.00. The second-order valence-electron chi connectivity index (χ2n) is 4.78. The highest BCUT2D eigenvalue weighted by Gasteiger charge is 2.15. The van der Waals surface area contributed by atoms with Gasteiger partial charge in [0.1, 0.15) is 11.3 Å². The summed E-state index contributed by atoms with van der Waals surface area (Å²) < 4.78 is 1.91. The number of aryl methyl sites for hydroxylation is 2. The number of carboxylic acid groups (broad SMARTS) is 1. The smallest absolute Gasteiger partial charge is 0.305 e. The van der Waals surface area contributed by atoms with Gasteiger partial charge in [-0.25, -0.2) is 9.97 Å². The first-order chi connectivity index (χ1) is 8.49. The fraction of sp³-hybridized carbons (Fsp3) is 0.462. The van der Waals surface area contributed by atoms with E-state index >= 15 is 0 Å². The first kappa shape index (κ1) is 12.5. The van der Waals surface area contributed by atoms with Crippen LogP contribution in [-0.4, -0.2) is 25.6 Å². The molecule has 0 aliphatic rings. The van der Waals surface area contributed by atoms with Crippen molar-refractivity contribution in [2.75, 3.05) is 0 Å². The number of imidazole rings is 1. The third-order valence-electron chi connectivity index (χ3n) is 2.82. The van der Waals surface area contributed by atoms with E-state index < -0.39 is 5.97 Å². The van der Waals surface area contributed by atoms with Gasteiger partial charge < -0.3 is 9.67 Å². The molecule has 0 fully saturated rings. The molecule has 0 radical (unpaired) electrons. The van der Waals surface area contributed by atoms with Crippen molar-refractivity contribution in [3.8, 4) is 0 Å². The second-order valence-corrected chi connectivity index (χ2v) is 4.78. The summed E-state index contributed by atoms with van der Waals surface area (Å²) in [5.74, 6) is 0.330. The van der Waals surface area contributed by atoms with Crippen LogP contribution in [0.1, 0.15) is 37.6 Å². The van der Waals surface area contributed by atoms with E-state index in [9.17, 15) is 4.79 Å². The van der Waals surface area contributed by atoms with Gasteiger partial charge in [-0.2, -0.15) is 0 Å². The van der Waals surface area contributed by atoms with Crippen LogP contribution in [0.5, 0.6) is 0 Å². The Bertz CT molecular complexity index is 587. The Hall–Kier alpha value is -1.91. The van der Waals surface area contributed by atoms with E-state index in [1.54, 1.807) is 6.20 Å². The molecule has 0 saturated heterocycles. The van der Waals surface area contributed by atoms with E-state index in [4.69, 9.17) is 5.11 Å². The topological polar surface area (TPSA) is 68.0 Å². The number of aliphatic carboxylic acids is 1. The fourth-order valence-corrected chi connectivity index (χ4v) is 2.00. The Balaban J connectivity index is 2.52. The Morgan fingerprint density at radius 2 is 2.22 bits per heavy atom. The average Bonchev–Trinajstić information content (AvgIpc) is 2.64. The summed E-state index contributed by atoms with van der Waals surface area (Å²) in [5.41, 5.74) is 2.66. The van der Waals surface area contributed by atoms with Crippen molar-refractivity contribution < 1.29 is 9.90 Å². The van der Waals surface area contributed by atoms with Crippen molar-refractivity contribution in [2.45, 2.75) is 39.7 Å². The maximum Gasteiger partial charge on any atom is 0.305 e. The summed E-state index contributed by atoms with van der Waals surface area (Å²) in [4.78, 5) is 19.6. The second kappa shape index (κ2) is 4.76. The van der Waals surface area contributed by atoms with Crippen molar-refractivity contribution in [1.82, 2.24) is 14.5 Å². The standard InChI is InChI=1S/C13H17N3O2/c1-8(2)12-15-10-6-9(3)7-14-13(10)16(12)5-4-11(17)18/h6-8H,4-5H2,1-3H3,(H,17,18). The van der Waals surface area contributed by atoms with Gasteiger partial charge in [-0.15, -0.1) is 0 Å². The van der Waals surface area contributed by atoms with Crippen LogP contribution in [0.25, 0.3) is 11.2 Å². The molecule has 5 nitrogen and oxygen atoms in total. The molecule has 0 bridgehead atoms. The van der Waals surface area contributed by atoms with Crippen LogP contribution in [0.15, 0.2) is 12.3 Å². The van der Waals surface area contributed by atoms with E-state index in [0.717, 1.165) is 22.6 Å². The van der Waals surface area contributed by atoms with Gasteiger partial charge in [-0.3, -0.25) is 4.79 Å². The van der Waals surface area contributed by atoms with Crippen LogP contribution < -0.4 is 0 Å². The van der Waals surface area contributed by atoms with Crippen LogP contribution in [0.4, 0.5) is 0 Å². The third kappa shape index (κ3) is 2.34. The van der Waals surface area contributed by atoms with E-state index in [-0.39, 0.29) is 12.3 Å². The summed E-state index contributed by atoms with van der Waals surface area (Å²) >= 11 is 0. The Morgan fingerprint density at radius 3 is 2.83 bits per heavy atom. The third-order valence-corrected chi connectivity index (χ3v) is 2.82. The van der Waals surface area contributed by atoms with E-state index in [0.29, 0.717) is 6.54 Å². The van der Waals surface area contributed by atoms with Crippen LogP contribution >= 0.6 is 0 Å². The molecule has 0 aromatic carbocycles. The first-order valence-corrected chi connectivity index (χ1v) is 6.03. The lowest BCUT2D eigenvalue weighted by Crippen LogP contribution is -2.09. The zero-order valence-electron chi connectivity index (χ0n) is 10.8. The van der Waals surface area contributed by atoms with Gasteiger partial charge in [0.2, 0.25) is 0 Å². The molecule has 0 aliphatic heterocycles. The predicted octanol–water partition coefficient (Wildman–Crippen LogP) is 2.34. The normalized spacial score (nSPS) is 11.3. The zero-order valence-corrected chi connectivity index (χ0v) is 10.8. The van der Waals surface area contributed by atoms with E-state index in [1.807, 2.05) is 31.4 Å². The number of rotatable bonds is 4. The van der Waals surface area contributed by atoms with Crippen molar-refractivity contribution in [2.24, 2.45) is 0 Å². The van der Waals surface area contributed by atoms with Crippen molar-refractivity contribution in [3.63, 3.8) is 0 Å². The minimum Gasteiger partial charge on any atom is -0.481 e. The maximum atomic E-state index is 10.7. The SMILES string of the molecule is Cc1cnc2c(c1)nc(C(C)C)n2CCC(=O)O. The number of pyridine rings is 1. The molecule has 96 valence electrons. The van der Waals surface area contributed by atoms with Gasteiger partial charge in [-0.1, -0.05) is 13.8 Å². The molecule has 0 amide bonds. The summed E-state index contributed by atoms with van der Waals surface area (Å²) in [6, 6.07) is 1.98. The number of carbonyl (C=O) groups is 1. The molecule has 0 aliphatic carbocycles. The highest BCUT2D eigenvalue weighted by atomic mass is 16.4. The van der Waals surface area contributed by atoms with Crippen LogP contribution in [-0.2, 0) is 11.3 Å². The van der Waals surface area contributed by atoms with E-state index in [2.05, 4.69) is 9.97 Å². The van der Waals surface area contributed by atoms with Gasteiger partial charge in [0.05, 0.1) is 6.42 Å². The number of carboxylic acids is 1. The molecular weight excluding hydrogens is 230 g/mol.